The van der Waals surface area contributed by atoms with Gasteiger partial charge < -0.3 is 5.32 Å². The minimum atomic E-state index is -0.231. The summed E-state index contributed by atoms with van der Waals surface area (Å²) in [6.45, 7) is 1.39. The molecule has 1 aromatic carbocycles. The van der Waals surface area contributed by atoms with Crippen molar-refractivity contribution in [1.82, 2.24) is 4.98 Å². The standard InChI is InChI=1S/C14H12N2O2/c1-10(17)16-12-8-5-9-15-13(12)14(18)11-6-3-2-4-7-11/h2-9H,1H3,(H,16,17). The van der Waals surface area contributed by atoms with E-state index in [9.17, 15) is 9.59 Å². The van der Waals surface area contributed by atoms with Crippen LogP contribution in [0.25, 0.3) is 0 Å². The largest absolute Gasteiger partial charge is 0.324 e. The molecule has 4 heteroatoms. The van der Waals surface area contributed by atoms with Gasteiger partial charge in [0.25, 0.3) is 0 Å². The van der Waals surface area contributed by atoms with Crippen molar-refractivity contribution >= 4 is 17.4 Å². The van der Waals surface area contributed by atoms with Gasteiger partial charge in [-0.1, -0.05) is 30.3 Å². The summed E-state index contributed by atoms with van der Waals surface area (Å²) in [4.78, 5) is 27.4. The normalized spacial score (nSPS) is 9.83. The molecule has 0 aliphatic rings. The van der Waals surface area contributed by atoms with E-state index in [1.54, 1.807) is 36.4 Å². The molecule has 0 fully saturated rings. The van der Waals surface area contributed by atoms with Crippen LogP contribution in [-0.4, -0.2) is 16.7 Å². The molecule has 0 saturated carbocycles. The second-order valence-corrected chi connectivity index (χ2v) is 3.78. The molecule has 0 radical (unpaired) electrons. The third-order valence-corrected chi connectivity index (χ3v) is 2.37. The van der Waals surface area contributed by atoms with Gasteiger partial charge in [-0.05, 0) is 12.1 Å². The van der Waals surface area contributed by atoms with E-state index in [-0.39, 0.29) is 17.4 Å². The van der Waals surface area contributed by atoms with E-state index in [1.165, 1.54) is 13.1 Å². The van der Waals surface area contributed by atoms with Crippen LogP contribution >= 0.6 is 0 Å². The molecule has 0 aliphatic heterocycles. The molecule has 1 heterocycles. The van der Waals surface area contributed by atoms with Gasteiger partial charge in [0.15, 0.2) is 0 Å². The average molecular weight is 240 g/mol. The zero-order chi connectivity index (χ0) is 13.0. The van der Waals surface area contributed by atoms with E-state index in [2.05, 4.69) is 10.3 Å². The maximum atomic E-state index is 12.2. The van der Waals surface area contributed by atoms with Crippen molar-refractivity contribution in [2.24, 2.45) is 0 Å². The fourth-order valence-corrected chi connectivity index (χ4v) is 1.60. The van der Waals surface area contributed by atoms with E-state index < -0.39 is 0 Å². The first-order valence-electron chi connectivity index (χ1n) is 5.51. The number of amides is 1. The number of hydrogen-bond acceptors (Lipinski definition) is 3. The van der Waals surface area contributed by atoms with E-state index in [1.807, 2.05) is 6.07 Å². The van der Waals surface area contributed by atoms with Crippen molar-refractivity contribution in [2.45, 2.75) is 6.92 Å². The first-order chi connectivity index (χ1) is 8.68. The fraction of sp³-hybridized carbons (Fsp3) is 0.0714. The second kappa shape index (κ2) is 5.23. The van der Waals surface area contributed by atoms with Crippen LogP contribution in [0.4, 0.5) is 5.69 Å². The number of aromatic nitrogens is 1. The lowest BCUT2D eigenvalue weighted by molar-refractivity contribution is -0.114. The van der Waals surface area contributed by atoms with Gasteiger partial charge >= 0.3 is 0 Å². The van der Waals surface area contributed by atoms with Crippen LogP contribution in [0.5, 0.6) is 0 Å². The monoisotopic (exact) mass is 240 g/mol. The third kappa shape index (κ3) is 2.60. The van der Waals surface area contributed by atoms with Crippen molar-refractivity contribution in [2.75, 3.05) is 5.32 Å². The molecule has 1 aromatic heterocycles. The Kier molecular flexibility index (Phi) is 3.48. The lowest BCUT2D eigenvalue weighted by Gasteiger charge is -2.07. The van der Waals surface area contributed by atoms with Crippen molar-refractivity contribution in [3.05, 3.63) is 59.9 Å². The van der Waals surface area contributed by atoms with Crippen LogP contribution in [0.1, 0.15) is 23.0 Å². The maximum Gasteiger partial charge on any atom is 0.221 e. The van der Waals surface area contributed by atoms with E-state index in [0.717, 1.165) is 0 Å². The van der Waals surface area contributed by atoms with Gasteiger partial charge in [0.05, 0.1) is 5.69 Å². The zero-order valence-electron chi connectivity index (χ0n) is 9.88. The predicted molar refractivity (Wildman–Crippen MR) is 68.4 cm³/mol. The summed E-state index contributed by atoms with van der Waals surface area (Å²) < 4.78 is 0. The lowest BCUT2D eigenvalue weighted by atomic mass is 10.1. The smallest absolute Gasteiger partial charge is 0.221 e. The Hall–Kier alpha value is -2.49. The number of carbonyl (C=O) groups excluding carboxylic acids is 2. The second-order valence-electron chi connectivity index (χ2n) is 3.78. The van der Waals surface area contributed by atoms with Gasteiger partial charge in [-0.2, -0.15) is 0 Å². The molecule has 2 aromatic rings. The lowest BCUT2D eigenvalue weighted by Crippen LogP contribution is -2.13. The number of pyridine rings is 1. The van der Waals surface area contributed by atoms with Gasteiger partial charge in [-0.25, -0.2) is 0 Å². The third-order valence-electron chi connectivity index (χ3n) is 2.37. The van der Waals surface area contributed by atoms with E-state index >= 15 is 0 Å². The van der Waals surface area contributed by atoms with Crippen molar-refractivity contribution in [3.8, 4) is 0 Å². The number of ketones is 1. The summed E-state index contributed by atoms with van der Waals surface area (Å²) >= 11 is 0. The molecule has 1 amide bonds. The van der Waals surface area contributed by atoms with Gasteiger partial charge in [0.1, 0.15) is 5.69 Å². The number of nitrogens with zero attached hydrogens (tertiary/aromatic N) is 1. The Morgan fingerprint density at radius 1 is 1.06 bits per heavy atom. The number of anilines is 1. The van der Waals surface area contributed by atoms with Crippen molar-refractivity contribution in [3.63, 3.8) is 0 Å². The minimum absolute atomic E-state index is 0.208. The number of carbonyl (C=O) groups is 2. The molecule has 0 saturated heterocycles. The average Bonchev–Trinajstić information content (AvgIpc) is 2.39. The zero-order valence-corrected chi connectivity index (χ0v) is 9.88. The summed E-state index contributed by atoms with van der Waals surface area (Å²) in [5.41, 5.74) is 1.22. The molecule has 4 nitrogen and oxygen atoms in total. The Bertz CT molecular complexity index is 579. The first kappa shape index (κ1) is 12.0. The first-order valence-corrected chi connectivity index (χ1v) is 5.51. The van der Waals surface area contributed by atoms with Gasteiger partial charge in [-0.3, -0.25) is 14.6 Å². The highest BCUT2D eigenvalue weighted by Crippen LogP contribution is 2.16. The molecule has 18 heavy (non-hydrogen) atoms. The summed E-state index contributed by atoms with van der Waals surface area (Å²) in [6, 6.07) is 12.2. The number of rotatable bonds is 3. The molecule has 2 rings (SSSR count). The van der Waals surface area contributed by atoms with Gasteiger partial charge in [0.2, 0.25) is 11.7 Å². The summed E-state index contributed by atoms with van der Waals surface area (Å²) in [5.74, 6) is -0.440. The molecular formula is C14H12N2O2. The van der Waals surface area contributed by atoms with Crippen LogP contribution in [-0.2, 0) is 4.79 Å². The predicted octanol–water partition coefficient (Wildman–Crippen LogP) is 2.27. The van der Waals surface area contributed by atoms with Crippen molar-refractivity contribution < 1.29 is 9.59 Å². The summed E-state index contributed by atoms with van der Waals surface area (Å²) in [6.07, 6.45) is 1.53. The highest BCUT2D eigenvalue weighted by Gasteiger charge is 2.15. The molecule has 0 unspecified atom stereocenters. The quantitative estimate of drug-likeness (QED) is 0.837. The maximum absolute atomic E-state index is 12.2. The molecule has 0 spiro atoms. The Labute approximate surface area is 105 Å². The number of benzene rings is 1. The highest BCUT2D eigenvalue weighted by atomic mass is 16.1. The fourth-order valence-electron chi connectivity index (χ4n) is 1.60. The Morgan fingerprint density at radius 2 is 1.78 bits per heavy atom. The Morgan fingerprint density at radius 3 is 2.44 bits per heavy atom. The molecule has 90 valence electrons. The van der Waals surface area contributed by atoms with Crippen LogP contribution in [0.15, 0.2) is 48.7 Å². The highest BCUT2D eigenvalue weighted by molar-refractivity contribution is 6.12. The molecular weight excluding hydrogens is 228 g/mol. The minimum Gasteiger partial charge on any atom is -0.324 e. The molecule has 0 bridgehead atoms. The topological polar surface area (TPSA) is 59.1 Å². The SMILES string of the molecule is CC(=O)Nc1cccnc1C(=O)c1ccccc1. The van der Waals surface area contributed by atoms with Gasteiger partial charge in [-0.15, -0.1) is 0 Å². The Balaban J connectivity index is 2.39. The molecule has 0 atom stereocenters. The van der Waals surface area contributed by atoms with Crippen molar-refractivity contribution in [1.29, 1.82) is 0 Å². The van der Waals surface area contributed by atoms with Crippen LogP contribution in [0.2, 0.25) is 0 Å². The number of nitrogens with one attached hydrogen (secondary N) is 1. The van der Waals surface area contributed by atoms with Crippen LogP contribution in [0, 0.1) is 0 Å². The summed E-state index contributed by atoms with van der Waals surface area (Å²) in [5, 5.41) is 2.60. The number of hydrogen-bond donors (Lipinski definition) is 1. The van der Waals surface area contributed by atoms with Gasteiger partial charge in [0, 0.05) is 18.7 Å². The molecule has 1 N–H and O–H groups in total. The summed E-state index contributed by atoms with van der Waals surface area (Å²) in [7, 11) is 0. The van der Waals surface area contributed by atoms with Crippen LogP contribution in [0.3, 0.4) is 0 Å². The van der Waals surface area contributed by atoms with E-state index in [0.29, 0.717) is 11.3 Å². The van der Waals surface area contributed by atoms with Crippen LogP contribution < -0.4 is 5.32 Å². The van der Waals surface area contributed by atoms with E-state index in [4.69, 9.17) is 0 Å². The molecule has 0 aliphatic carbocycles.